The third kappa shape index (κ3) is 4.94. The molecule has 9 nitrogen and oxygen atoms in total. The Kier molecular flexibility index (Phi) is 6.12. The number of alkyl halides is 2. The summed E-state index contributed by atoms with van der Waals surface area (Å²) in [6, 6.07) is 5.53. The fraction of sp³-hybridized carbons (Fsp3) is 0.560. The van der Waals surface area contributed by atoms with Gasteiger partial charge in [-0.2, -0.15) is 18.9 Å². The number of nitrogens with zero attached hydrogens (tertiary/aromatic N) is 5. The van der Waals surface area contributed by atoms with E-state index in [1.54, 1.807) is 16.9 Å². The normalized spacial score (nSPS) is 19.6. The number of benzene rings is 1. The van der Waals surface area contributed by atoms with Crippen LogP contribution < -0.4 is 21.1 Å². The van der Waals surface area contributed by atoms with E-state index in [2.05, 4.69) is 30.6 Å². The van der Waals surface area contributed by atoms with Crippen molar-refractivity contribution in [3.8, 4) is 5.75 Å². The van der Waals surface area contributed by atoms with Gasteiger partial charge in [-0.1, -0.05) is 12.1 Å². The molecular weight excluding hydrogens is 466 g/mol. The first-order valence-electron chi connectivity index (χ1n) is 12.7. The molecule has 4 N–H and O–H groups in total. The summed E-state index contributed by atoms with van der Waals surface area (Å²) in [5, 5.41) is 11.3. The van der Waals surface area contributed by atoms with Gasteiger partial charge in [0.1, 0.15) is 16.8 Å². The summed E-state index contributed by atoms with van der Waals surface area (Å²) in [5.74, 6) is 1.59. The van der Waals surface area contributed by atoms with Gasteiger partial charge in [-0.25, -0.2) is 4.98 Å². The predicted molar refractivity (Wildman–Crippen MR) is 133 cm³/mol. The van der Waals surface area contributed by atoms with Gasteiger partial charge in [0.05, 0.1) is 12.7 Å². The molecule has 2 aliphatic carbocycles. The summed E-state index contributed by atoms with van der Waals surface area (Å²) in [6.07, 6.45) is 6.87. The second kappa shape index (κ2) is 9.44. The third-order valence-electron chi connectivity index (χ3n) is 7.75. The fourth-order valence-electron chi connectivity index (χ4n) is 5.72. The van der Waals surface area contributed by atoms with Gasteiger partial charge in [0.15, 0.2) is 5.82 Å². The predicted octanol–water partition coefficient (Wildman–Crippen LogP) is 3.07. The maximum atomic E-state index is 13.3. The molecule has 3 aliphatic rings. The molecular formula is C25H32F2N8O. The van der Waals surface area contributed by atoms with Crippen molar-refractivity contribution in [1.82, 2.24) is 30.0 Å². The molecule has 1 aromatic carbocycles. The second-order valence-electron chi connectivity index (χ2n) is 10.5. The lowest BCUT2D eigenvalue weighted by molar-refractivity contribution is -0.0505. The Labute approximate surface area is 208 Å². The molecule has 0 atom stereocenters. The van der Waals surface area contributed by atoms with E-state index in [4.69, 9.17) is 10.5 Å². The molecule has 3 heterocycles. The van der Waals surface area contributed by atoms with E-state index < -0.39 is 6.61 Å². The molecule has 2 aromatic heterocycles. The number of nitrogens with two attached hydrogens (primary N) is 1. The fourth-order valence-corrected chi connectivity index (χ4v) is 5.72. The van der Waals surface area contributed by atoms with E-state index in [1.165, 1.54) is 25.7 Å². The number of anilines is 2. The smallest absolute Gasteiger partial charge is 0.387 e. The average Bonchev–Trinajstić information content (AvgIpc) is 3.53. The molecule has 3 fully saturated rings. The van der Waals surface area contributed by atoms with Crippen LogP contribution in [0.2, 0.25) is 0 Å². The quantitative estimate of drug-likeness (QED) is 0.413. The van der Waals surface area contributed by atoms with Crippen LogP contribution in [0.5, 0.6) is 5.75 Å². The van der Waals surface area contributed by atoms with Crippen molar-refractivity contribution in [2.24, 2.45) is 11.3 Å². The van der Waals surface area contributed by atoms with Crippen molar-refractivity contribution in [3.63, 3.8) is 0 Å². The molecule has 0 radical (unpaired) electrons. The van der Waals surface area contributed by atoms with Crippen molar-refractivity contribution in [2.45, 2.75) is 45.4 Å². The highest BCUT2D eigenvalue weighted by atomic mass is 19.3. The molecule has 36 heavy (non-hydrogen) atoms. The highest BCUT2D eigenvalue weighted by Gasteiger charge is 2.52. The first-order valence-corrected chi connectivity index (χ1v) is 12.7. The van der Waals surface area contributed by atoms with Crippen LogP contribution in [0.3, 0.4) is 0 Å². The van der Waals surface area contributed by atoms with Crippen LogP contribution in [0.25, 0.3) is 11.0 Å². The molecule has 11 heteroatoms. The Hall–Kier alpha value is -3.05. The van der Waals surface area contributed by atoms with Crippen molar-refractivity contribution in [3.05, 3.63) is 35.5 Å². The second-order valence-corrected chi connectivity index (χ2v) is 10.5. The molecule has 192 valence electrons. The third-order valence-corrected chi connectivity index (χ3v) is 7.75. The van der Waals surface area contributed by atoms with E-state index in [-0.39, 0.29) is 18.2 Å². The molecule has 1 saturated heterocycles. The van der Waals surface area contributed by atoms with Gasteiger partial charge in [0.25, 0.3) is 0 Å². The number of piperazine rings is 1. The van der Waals surface area contributed by atoms with Crippen molar-refractivity contribution in [1.29, 1.82) is 0 Å². The monoisotopic (exact) mass is 498 g/mol. The van der Waals surface area contributed by atoms with Crippen LogP contribution in [0.1, 0.15) is 36.8 Å². The Bertz CT molecular complexity index is 1230. The SMILES string of the molecule is Nc1nc(NCC2CC3(CC3)C2)c2c(cnn2Cc2ccc(CN3CCNCC3)cc2OC(F)F)n1. The lowest BCUT2D eigenvalue weighted by atomic mass is 9.72. The Morgan fingerprint density at radius 2 is 1.97 bits per heavy atom. The minimum Gasteiger partial charge on any atom is -0.434 e. The van der Waals surface area contributed by atoms with Gasteiger partial charge < -0.3 is 21.1 Å². The molecule has 0 unspecified atom stereocenters. The number of ether oxygens (including phenoxy) is 1. The van der Waals surface area contributed by atoms with E-state index >= 15 is 0 Å². The standard InChI is InChI=1S/C25H32F2N8O/c26-23(27)36-20-9-16(14-34-7-5-29-6-8-34)1-2-18(20)15-35-21-19(13-31-35)32-24(28)33-22(21)30-12-17-10-25(11-17)3-4-25/h1-2,9,13,17,23,29H,3-8,10-12,14-15H2,(H3,28,30,32,33). The number of rotatable bonds is 9. The zero-order chi connectivity index (χ0) is 24.7. The number of hydrogen-bond acceptors (Lipinski definition) is 8. The van der Waals surface area contributed by atoms with Crippen molar-refractivity contribution >= 4 is 22.8 Å². The molecule has 0 amide bonds. The van der Waals surface area contributed by atoms with E-state index in [0.29, 0.717) is 40.3 Å². The number of aromatic nitrogens is 4. The maximum absolute atomic E-state index is 13.3. The van der Waals surface area contributed by atoms with Gasteiger partial charge in [-0.3, -0.25) is 9.58 Å². The first kappa shape index (κ1) is 23.4. The number of hydrogen-bond donors (Lipinski definition) is 3. The van der Waals surface area contributed by atoms with Crippen molar-refractivity contribution in [2.75, 3.05) is 43.8 Å². The summed E-state index contributed by atoms with van der Waals surface area (Å²) in [4.78, 5) is 11.1. The molecule has 0 bridgehead atoms. The average molecular weight is 499 g/mol. The molecule has 1 spiro atoms. The zero-order valence-corrected chi connectivity index (χ0v) is 20.2. The van der Waals surface area contributed by atoms with Crippen LogP contribution >= 0.6 is 0 Å². The van der Waals surface area contributed by atoms with Gasteiger partial charge in [-0.05, 0) is 48.6 Å². The van der Waals surface area contributed by atoms with E-state index in [9.17, 15) is 8.78 Å². The van der Waals surface area contributed by atoms with E-state index in [0.717, 1.165) is 38.3 Å². The molecule has 1 aliphatic heterocycles. The van der Waals surface area contributed by atoms with Gasteiger partial charge in [0.2, 0.25) is 5.95 Å². The number of halogens is 2. The highest BCUT2D eigenvalue weighted by Crippen LogP contribution is 2.63. The Morgan fingerprint density at radius 1 is 1.17 bits per heavy atom. The van der Waals surface area contributed by atoms with Crippen LogP contribution in [0.15, 0.2) is 24.4 Å². The van der Waals surface area contributed by atoms with Crippen molar-refractivity contribution < 1.29 is 13.5 Å². The highest BCUT2D eigenvalue weighted by molar-refractivity contribution is 5.86. The first-order chi connectivity index (χ1) is 17.5. The van der Waals surface area contributed by atoms with E-state index in [1.807, 2.05) is 12.1 Å². The topological polar surface area (TPSA) is 106 Å². The molecule has 6 rings (SSSR count). The number of nitrogens with one attached hydrogen (secondary N) is 2. The minimum atomic E-state index is -2.91. The van der Waals surface area contributed by atoms with Gasteiger partial charge in [-0.15, -0.1) is 0 Å². The lowest BCUT2D eigenvalue weighted by Crippen LogP contribution is -2.42. The zero-order valence-electron chi connectivity index (χ0n) is 20.2. The summed E-state index contributed by atoms with van der Waals surface area (Å²) in [7, 11) is 0. The minimum absolute atomic E-state index is 0.163. The molecule has 2 saturated carbocycles. The van der Waals surface area contributed by atoms with Crippen LogP contribution in [0.4, 0.5) is 20.5 Å². The Balaban J connectivity index is 1.24. The van der Waals surface area contributed by atoms with Crippen LogP contribution in [0, 0.1) is 11.3 Å². The van der Waals surface area contributed by atoms with Crippen LogP contribution in [-0.2, 0) is 13.1 Å². The summed E-state index contributed by atoms with van der Waals surface area (Å²) in [5.41, 5.74) is 9.46. The molecule has 3 aromatic rings. The lowest BCUT2D eigenvalue weighted by Gasteiger charge is -2.36. The summed E-state index contributed by atoms with van der Waals surface area (Å²) >= 11 is 0. The van der Waals surface area contributed by atoms with Gasteiger partial charge in [0, 0.05) is 44.8 Å². The summed E-state index contributed by atoms with van der Waals surface area (Å²) in [6.45, 7) is 2.54. The largest absolute Gasteiger partial charge is 0.434 e. The number of nitrogen functional groups attached to an aromatic ring is 1. The van der Waals surface area contributed by atoms with Gasteiger partial charge >= 0.3 is 6.61 Å². The maximum Gasteiger partial charge on any atom is 0.387 e. The number of fused-ring (bicyclic) bond motifs is 1. The van der Waals surface area contributed by atoms with Crippen LogP contribution in [-0.4, -0.2) is 64.0 Å². The Morgan fingerprint density at radius 3 is 2.72 bits per heavy atom. The summed E-state index contributed by atoms with van der Waals surface area (Å²) < 4.78 is 33.3.